The van der Waals surface area contributed by atoms with Gasteiger partial charge in [0.2, 0.25) is 0 Å². The van der Waals surface area contributed by atoms with Gasteiger partial charge in [-0.05, 0) is 18.8 Å². The Morgan fingerprint density at radius 3 is 1.48 bits per heavy atom. The maximum Gasteiger partial charge on any atom is 0.305 e. The van der Waals surface area contributed by atoms with Gasteiger partial charge in [-0.2, -0.15) is 0 Å². The molecular weight excluding hydrogens is 356 g/mol. The minimum Gasteiger partial charge on any atom is -0.466 e. The van der Waals surface area contributed by atoms with E-state index in [9.17, 15) is 4.79 Å². The summed E-state index contributed by atoms with van der Waals surface area (Å²) in [6, 6.07) is 0. The van der Waals surface area contributed by atoms with Gasteiger partial charge >= 0.3 is 5.97 Å². The molecule has 0 aliphatic carbocycles. The van der Waals surface area contributed by atoms with E-state index in [2.05, 4.69) is 20.8 Å². The number of hydrogen-bond acceptors (Lipinski definition) is 2. The van der Waals surface area contributed by atoms with Crippen molar-refractivity contribution in [2.45, 2.75) is 156 Å². The number of unbranched alkanes of at least 4 members (excludes halogenated alkanes) is 16. The number of carbonyl (C=O) groups is 1. The van der Waals surface area contributed by atoms with E-state index in [1.807, 2.05) is 0 Å². The molecule has 1 atom stereocenters. The molecule has 0 aromatic heterocycles. The molecule has 0 aliphatic heterocycles. The van der Waals surface area contributed by atoms with E-state index in [1.165, 1.54) is 116 Å². The predicted molar refractivity (Wildman–Crippen MR) is 128 cm³/mol. The fourth-order valence-electron chi connectivity index (χ4n) is 3.98. The normalized spacial score (nSPS) is 12.2. The Labute approximate surface area is 184 Å². The van der Waals surface area contributed by atoms with Crippen molar-refractivity contribution >= 4 is 5.97 Å². The number of esters is 1. The number of carbonyl (C=O) groups excluding carboxylic acids is 1. The molecule has 0 radical (unpaired) electrons. The zero-order valence-corrected chi connectivity index (χ0v) is 20.5. The summed E-state index contributed by atoms with van der Waals surface area (Å²) in [5.41, 5.74) is 0. The first-order chi connectivity index (χ1) is 14.2. The second-order valence-electron chi connectivity index (χ2n) is 9.31. The van der Waals surface area contributed by atoms with Crippen molar-refractivity contribution in [1.82, 2.24) is 0 Å². The second-order valence-corrected chi connectivity index (χ2v) is 9.31. The van der Waals surface area contributed by atoms with Gasteiger partial charge < -0.3 is 4.74 Å². The third kappa shape index (κ3) is 23.6. The average molecular weight is 411 g/mol. The molecule has 0 saturated heterocycles. The summed E-state index contributed by atoms with van der Waals surface area (Å²) in [5, 5.41) is 0. The first-order valence-electron chi connectivity index (χ1n) is 13.4. The van der Waals surface area contributed by atoms with Crippen LogP contribution >= 0.6 is 0 Å². The molecule has 0 N–H and O–H groups in total. The Balaban J connectivity index is 3.22. The maximum absolute atomic E-state index is 11.8. The molecule has 0 aromatic rings. The van der Waals surface area contributed by atoms with Crippen molar-refractivity contribution < 1.29 is 9.53 Å². The molecule has 0 aliphatic rings. The second kappa shape index (κ2) is 23.7. The van der Waals surface area contributed by atoms with Gasteiger partial charge in [0.1, 0.15) is 0 Å². The Hall–Kier alpha value is -0.530. The van der Waals surface area contributed by atoms with Crippen molar-refractivity contribution in [3.8, 4) is 0 Å². The molecule has 0 spiro atoms. The van der Waals surface area contributed by atoms with Crippen molar-refractivity contribution in [3.05, 3.63) is 0 Å². The molecule has 0 aromatic carbocycles. The highest BCUT2D eigenvalue weighted by Gasteiger charge is 2.07. The van der Waals surface area contributed by atoms with Crippen molar-refractivity contribution in [2.75, 3.05) is 6.61 Å². The van der Waals surface area contributed by atoms with Crippen LogP contribution in [0.25, 0.3) is 0 Å². The SMILES string of the molecule is CCCCCCCCCCCCCCCCOC(=O)CC[C@@H](C)CCCCCC. The van der Waals surface area contributed by atoms with E-state index in [0.717, 1.165) is 12.8 Å². The minimum atomic E-state index is 0.0140. The third-order valence-electron chi connectivity index (χ3n) is 6.15. The Kier molecular flexibility index (Phi) is 23.3. The Morgan fingerprint density at radius 1 is 0.586 bits per heavy atom. The van der Waals surface area contributed by atoms with Crippen LogP contribution in [0.4, 0.5) is 0 Å². The molecule has 29 heavy (non-hydrogen) atoms. The third-order valence-corrected chi connectivity index (χ3v) is 6.15. The quantitative estimate of drug-likeness (QED) is 0.124. The smallest absolute Gasteiger partial charge is 0.305 e. The first kappa shape index (κ1) is 28.5. The summed E-state index contributed by atoms with van der Waals surface area (Å²) >= 11 is 0. The predicted octanol–water partition coefficient (Wildman–Crippen LogP) is 9.40. The summed E-state index contributed by atoms with van der Waals surface area (Å²) < 4.78 is 5.40. The van der Waals surface area contributed by atoms with E-state index >= 15 is 0 Å². The summed E-state index contributed by atoms with van der Waals surface area (Å²) in [7, 11) is 0. The van der Waals surface area contributed by atoms with E-state index in [-0.39, 0.29) is 5.97 Å². The zero-order chi connectivity index (χ0) is 21.4. The van der Waals surface area contributed by atoms with Gasteiger partial charge in [-0.25, -0.2) is 0 Å². The lowest BCUT2D eigenvalue weighted by Crippen LogP contribution is -2.08. The summed E-state index contributed by atoms with van der Waals surface area (Å²) in [6.45, 7) is 7.43. The first-order valence-corrected chi connectivity index (χ1v) is 13.4. The van der Waals surface area contributed by atoms with Gasteiger partial charge in [0.05, 0.1) is 6.61 Å². The lowest BCUT2D eigenvalue weighted by Gasteiger charge is -2.11. The molecule has 0 unspecified atom stereocenters. The summed E-state index contributed by atoms with van der Waals surface area (Å²) in [4.78, 5) is 11.8. The van der Waals surface area contributed by atoms with E-state index in [0.29, 0.717) is 18.9 Å². The van der Waals surface area contributed by atoms with Crippen LogP contribution in [-0.2, 0) is 9.53 Å². The van der Waals surface area contributed by atoms with E-state index in [4.69, 9.17) is 4.74 Å². The van der Waals surface area contributed by atoms with Gasteiger partial charge in [-0.3, -0.25) is 4.79 Å². The minimum absolute atomic E-state index is 0.0140. The van der Waals surface area contributed by atoms with Crippen molar-refractivity contribution in [2.24, 2.45) is 5.92 Å². The van der Waals surface area contributed by atoms with Crippen LogP contribution in [0.5, 0.6) is 0 Å². The van der Waals surface area contributed by atoms with E-state index in [1.54, 1.807) is 0 Å². The van der Waals surface area contributed by atoms with Gasteiger partial charge in [-0.15, -0.1) is 0 Å². The van der Waals surface area contributed by atoms with Crippen molar-refractivity contribution in [3.63, 3.8) is 0 Å². The zero-order valence-electron chi connectivity index (χ0n) is 20.5. The van der Waals surface area contributed by atoms with Gasteiger partial charge in [0.25, 0.3) is 0 Å². The monoisotopic (exact) mass is 410 g/mol. The lowest BCUT2D eigenvalue weighted by atomic mass is 9.98. The molecule has 0 amide bonds. The maximum atomic E-state index is 11.8. The number of hydrogen-bond donors (Lipinski definition) is 0. The summed E-state index contributed by atoms with van der Waals surface area (Å²) in [5.74, 6) is 0.667. The Morgan fingerprint density at radius 2 is 1.00 bits per heavy atom. The number of rotatable bonds is 23. The van der Waals surface area contributed by atoms with E-state index < -0.39 is 0 Å². The summed E-state index contributed by atoms with van der Waals surface area (Å²) in [6.07, 6.45) is 27.2. The van der Waals surface area contributed by atoms with Crippen LogP contribution in [0, 0.1) is 5.92 Å². The van der Waals surface area contributed by atoms with Crippen molar-refractivity contribution in [1.29, 1.82) is 0 Å². The number of ether oxygens (including phenoxy) is 1. The largest absolute Gasteiger partial charge is 0.466 e. The standard InChI is InChI=1S/C27H54O2/c1-4-6-8-10-11-12-13-14-15-16-17-18-19-21-25-29-27(28)24-23-26(3)22-20-9-7-5-2/h26H,4-25H2,1-3H3/t26-/m0/s1. The van der Waals surface area contributed by atoms with Gasteiger partial charge in [0.15, 0.2) is 0 Å². The van der Waals surface area contributed by atoms with Crippen LogP contribution in [0.2, 0.25) is 0 Å². The topological polar surface area (TPSA) is 26.3 Å². The molecule has 0 saturated carbocycles. The molecule has 0 rings (SSSR count). The molecule has 2 nitrogen and oxygen atoms in total. The van der Waals surface area contributed by atoms with Crippen LogP contribution in [0.1, 0.15) is 156 Å². The molecule has 0 heterocycles. The molecular formula is C27H54O2. The molecule has 0 fully saturated rings. The van der Waals surface area contributed by atoms with Crippen LogP contribution in [0.3, 0.4) is 0 Å². The van der Waals surface area contributed by atoms with Crippen LogP contribution < -0.4 is 0 Å². The molecule has 2 heteroatoms. The van der Waals surface area contributed by atoms with Gasteiger partial charge in [0, 0.05) is 6.42 Å². The molecule has 0 bridgehead atoms. The lowest BCUT2D eigenvalue weighted by molar-refractivity contribution is -0.144. The fraction of sp³-hybridized carbons (Fsp3) is 0.963. The van der Waals surface area contributed by atoms with Crippen LogP contribution in [0.15, 0.2) is 0 Å². The molecule has 174 valence electrons. The fourth-order valence-corrected chi connectivity index (χ4v) is 3.98. The highest BCUT2D eigenvalue weighted by molar-refractivity contribution is 5.69. The Bertz CT molecular complexity index is 326. The van der Waals surface area contributed by atoms with Gasteiger partial charge in [-0.1, -0.05) is 136 Å². The highest BCUT2D eigenvalue weighted by atomic mass is 16.5. The highest BCUT2D eigenvalue weighted by Crippen LogP contribution is 2.16. The average Bonchev–Trinajstić information content (AvgIpc) is 2.72. The van der Waals surface area contributed by atoms with Crippen LogP contribution in [-0.4, -0.2) is 12.6 Å².